The fraction of sp³-hybridized carbons (Fsp3) is 0.360. The summed E-state index contributed by atoms with van der Waals surface area (Å²) in [6, 6.07) is 11.1. The van der Waals surface area contributed by atoms with Gasteiger partial charge in [-0.3, -0.25) is 4.79 Å². The smallest absolute Gasteiger partial charge is 0.251 e. The number of aryl methyl sites for hydroxylation is 2. The number of rotatable bonds is 8. The summed E-state index contributed by atoms with van der Waals surface area (Å²) in [5, 5.41) is 6.91. The number of hydrogen-bond donors (Lipinski definition) is 1. The normalized spacial score (nSPS) is 14.6. The summed E-state index contributed by atoms with van der Waals surface area (Å²) >= 11 is 0. The van der Waals surface area contributed by atoms with Gasteiger partial charge in [0, 0.05) is 29.7 Å². The zero-order valence-corrected chi connectivity index (χ0v) is 18.9. The molecule has 0 saturated carbocycles. The second kappa shape index (κ2) is 9.34. The number of carbonyl (C=O) groups is 1. The van der Waals surface area contributed by atoms with Gasteiger partial charge in [-0.15, -0.1) is 0 Å². The molecule has 32 heavy (non-hydrogen) atoms. The Morgan fingerprint density at radius 1 is 1.22 bits per heavy atom. The summed E-state index contributed by atoms with van der Waals surface area (Å²) < 4.78 is 22.7. The largest absolute Gasteiger partial charge is 0.494 e. The first-order chi connectivity index (χ1) is 15.4. The van der Waals surface area contributed by atoms with E-state index in [1.807, 2.05) is 45.9 Å². The average molecular weight is 437 g/mol. The zero-order chi connectivity index (χ0) is 22.7. The van der Waals surface area contributed by atoms with Crippen LogP contribution in [0.2, 0.25) is 0 Å². The molecule has 0 bridgehead atoms. The first kappa shape index (κ1) is 21.7. The van der Waals surface area contributed by atoms with E-state index in [1.165, 1.54) is 0 Å². The molecule has 0 unspecified atom stereocenters. The molecule has 3 aromatic rings. The molecule has 0 saturated heterocycles. The van der Waals surface area contributed by atoms with Crippen LogP contribution in [0, 0.1) is 13.8 Å². The Kier molecular flexibility index (Phi) is 6.35. The first-order valence-corrected chi connectivity index (χ1v) is 10.8. The third kappa shape index (κ3) is 4.72. The number of carbonyl (C=O) groups excluding carboxylic acids is 1. The van der Waals surface area contributed by atoms with Gasteiger partial charge in [-0.05, 0) is 58.0 Å². The molecule has 2 heterocycles. The van der Waals surface area contributed by atoms with E-state index in [2.05, 4.69) is 10.5 Å². The first-order valence-electron chi connectivity index (χ1n) is 10.8. The van der Waals surface area contributed by atoms with E-state index in [4.69, 9.17) is 18.7 Å². The van der Waals surface area contributed by atoms with Gasteiger partial charge >= 0.3 is 0 Å². The molecule has 1 aliphatic rings. The number of amides is 1. The molecule has 1 aliphatic heterocycles. The fourth-order valence-corrected chi connectivity index (χ4v) is 3.78. The summed E-state index contributed by atoms with van der Waals surface area (Å²) in [4.78, 5) is 12.8. The second-order valence-corrected chi connectivity index (χ2v) is 7.94. The van der Waals surface area contributed by atoms with Crippen LogP contribution in [0.1, 0.15) is 52.3 Å². The van der Waals surface area contributed by atoms with Crippen molar-refractivity contribution in [3.63, 3.8) is 0 Å². The van der Waals surface area contributed by atoms with Gasteiger partial charge in [0.25, 0.3) is 5.91 Å². The molecule has 168 valence electrons. The van der Waals surface area contributed by atoms with E-state index in [0.717, 1.165) is 46.1 Å². The van der Waals surface area contributed by atoms with Gasteiger partial charge in [-0.1, -0.05) is 11.2 Å². The lowest BCUT2D eigenvalue weighted by Crippen LogP contribution is -2.23. The Morgan fingerprint density at radius 2 is 2.06 bits per heavy atom. The maximum Gasteiger partial charge on any atom is 0.251 e. The van der Waals surface area contributed by atoms with Gasteiger partial charge in [0.2, 0.25) is 0 Å². The van der Waals surface area contributed by atoms with Crippen LogP contribution < -0.4 is 19.5 Å². The van der Waals surface area contributed by atoms with Crippen molar-refractivity contribution in [3.8, 4) is 17.2 Å². The Balaban J connectivity index is 1.42. The van der Waals surface area contributed by atoms with Crippen LogP contribution in [-0.4, -0.2) is 23.8 Å². The van der Waals surface area contributed by atoms with Crippen LogP contribution in [0.25, 0.3) is 0 Å². The fourth-order valence-electron chi connectivity index (χ4n) is 3.78. The minimum Gasteiger partial charge on any atom is -0.494 e. The SMILES string of the molecule is CCOc1cc2c(cc1CNC(=O)c1cccc(OCc3c(C)noc3C)c1)O[C@H](C)C2. The number of benzene rings is 2. The summed E-state index contributed by atoms with van der Waals surface area (Å²) in [5.74, 6) is 2.78. The highest BCUT2D eigenvalue weighted by molar-refractivity contribution is 5.94. The predicted octanol–water partition coefficient (Wildman–Crippen LogP) is 4.52. The summed E-state index contributed by atoms with van der Waals surface area (Å²) in [7, 11) is 0. The van der Waals surface area contributed by atoms with Crippen molar-refractivity contribution < 1.29 is 23.5 Å². The van der Waals surface area contributed by atoms with Gasteiger partial charge in [0.15, 0.2) is 0 Å². The number of aromatic nitrogens is 1. The van der Waals surface area contributed by atoms with Crippen LogP contribution in [0.5, 0.6) is 17.2 Å². The van der Waals surface area contributed by atoms with Crippen molar-refractivity contribution in [1.29, 1.82) is 0 Å². The molecular weight excluding hydrogens is 408 g/mol. The minimum absolute atomic E-state index is 0.150. The van der Waals surface area contributed by atoms with E-state index in [0.29, 0.717) is 31.1 Å². The number of nitrogens with zero attached hydrogens (tertiary/aromatic N) is 1. The van der Waals surface area contributed by atoms with E-state index in [1.54, 1.807) is 18.2 Å². The number of ether oxygens (including phenoxy) is 3. The molecule has 4 rings (SSSR count). The topological polar surface area (TPSA) is 82.8 Å². The predicted molar refractivity (Wildman–Crippen MR) is 119 cm³/mol. The van der Waals surface area contributed by atoms with Crippen LogP contribution in [0.4, 0.5) is 0 Å². The Morgan fingerprint density at radius 3 is 2.81 bits per heavy atom. The number of fused-ring (bicyclic) bond motifs is 1. The van der Waals surface area contributed by atoms with Crippen molar-refractivity contribution in [3.05, 3.63) is 70.1 Å². The Bertz CT molecular complexity index is 1100. The van der Waals surface area contributed by atoms with Gasteiger partial charge in [-0.2, -0.15) is 0 Å². The molecule has 1 amide bonds. The lowest BCUT2D eigenvalue weighted by molar-refractivity contribution is 0.0950. The molecule has 7 heteroatoms. The molecule has 0 aliphatic carbocycles. The second-order valence-electron chi connectivity index (χ2n) is 7.94. The van der Waals surface area contributed by atoms with Crippen LogP contribution >= 0.6 is 0 Å². The molecule has 0 fully saturated rings. The maximum atomic E-state index is 12.8. The summed E-state index contributed by atoms with van der Waals surface area (Å²) in [6.07, 6.45) is 1.01. The van der Waals surface area contributed by atoms with Gasteiger partial charge in [0.05, 0.1) is 17.9 Å². The third-order valence-corrected chi connectivity index (χ3v) is 5.48. The highest BCUT2D eigenvalue weighted by Crippen LogP contribution is 2.35. The molecule has 2 aromatic carbocycles. The highest BCUT2D eigenvalue weighted by atomic mass is 16.5. The van der Waals surface area contributed by atoms with E-state index < -0.39 is 0 Å². The summed E-state index contributed by atoms with van der Waals surface area (Å²) in [5.41, 5.74) is 4.26. The molecule has 1 atom stereocenters. The number of hydrogen-bond acceptors (Lipinski definition) is 6. The summed E-state index contributed by atoms with van der Waals surface area (Å²) in [6.45, 7) is 8.94. The van der Waals surface area contributed by atoms with E-state index >= 15 is 0 Å². The van der Waals surface area contributed by atoms with Gasteiger partial charge in [0.1, 0.15) is 35.7 Å². The van der Waals surface area contributed by atoms with E-state index in [9.17, 15) is 4.79 Å². The molecule has 0 spiro atoms. The van der Waals surface area contributed by atoms with Gasteiger partial charge in [-0.25, -0.2) is 0 Å². The quantitative estimate of drug-likeness (QED) is 0.559. The van der Waals surface area contributed by atoms with Crippen LogP contribution in [0.15, 0.2) is 40.9 Å². The third-order valence-electron chi connectivity index (χ3n) is 5.48. The lowest BCUT2D eigenvalue weighted by Gasteiger charge is -2.14. The molecule has 1 aromatic heterocycles. The van der Waals surface area contributed by atoms with Crippen LogP contribution in [-0.2, 0) is 19.6 Å². The standard InChI is InChI=1S/C25H28N2O5/c1-5-29-23-11-19-9-15(2)31-24(19)12-20(23)13-26-25(28)18-7-6-8-21(10-18)30-14-22-16(3)27-32-17(22)4/h6-8,10-12,15H,5,9,13-14H2,1-4H3,(H,26,28)/t15-/m1/s1. The lowest BCUT2D eigenvalue weighted by atomic mass is 10.1. The average Bonchev–Trinajstić information content (AvgIpc) is 3.30. The molecule has 1 N–H and O–H groups in total. The van der Waals surface area contributed by atoms with Crippen molar-refractivity contribution in [1.82, 2.24) is 10.5 Å². The zero-order valence-electron chi connectivity index (χ0n) is 18.9. The monoisotopic (exact) mass is 436 g/mol. The van der Waals surface area contributed by atoms with Crippen molar-refractivity contribution in [2.75, 3.05) is 6.61 Å². The minimum atomic E-state index is -0.190. The Labute approximate surface area is 187 Å². The Hall–Kier alpha value is -3.48. The van der Waals surface area contributed by atoms with Crippen LogP contribution in [0.3, 0.4) is 0 Å². The van der Waals surface area contributed by atoms with E-state index in [-0.39, 0.29) is 12.0 Å². The van der Waals surface area contributed by atoms with Crippen molar-refractivity contribution in [2.45, 2.75) is 53.4 Å². The highest BCUT2D eigenvalue weighted by Gasteiger charge is 2.22. The van der Waals surface area contributed by atoms with Crippen molar-refractivity contribution in [2.24, 2.45) is 0 Å². The van der Waals surface area contributed by atoms with Gasteiger partial charge < -0.3 is 24.1 Å². The molecule has 0 radical (unpaired) electrons. The van der Waals surface area contributed by atoms with Crippen molar-refractivity contribution >= 4 is 5.91 Å². The molecular formula is C25H28N2O5. The molecule has 7 nitrogen and oxygen atoms in total. The number of nitrogens with one attached hydrogen (secondary N) is 1. The maximum absolute atomic E-state index is 12.8.